The van der Waals surface area contributed by atoms with Gasteiger partial charge in [-0.1, -0.05) is 6.92 Å². The van der Waals surface area contributed by atoms with E-state index in [4.69, 9.17) is 5.84 Å². The third kappa shape index (κ3) is 2.79. The highest BCUT2D eigenvalue weighted by molar-refractivity contribution is 7.15. The van der Waals surface area contributed by atoms with Gasteiger partial charge in [-0.15, -0.1) is 11.3 Å². The largest absolute Gasteiger partial charge is 0.308 e. The number of hydrazine groups is 1. The third-order valence-electron chi connectivity index (χ3n) is 3.11. The minimum atomic E-state index is 0.588. The Hall–Kier alpha value is -2.25. The van der Waals surface area contributed by atoms with Gasteiger partial charge in [0.05, 0.1) is 16.8 Å². The lowest BCUT2D eigenvalue weighted by atomic mass is 10.2. The number of aryl methyl sites for hydroxylation is 2. The molecule has 0 unspecified atom stereocenters. The Morgan fingerprint density at radius 3 is 2.81 bits per heavy atom. The van der Waals surface area contributed by atoms with Crippen LogP contribution >= 0.6 is 11.3 Å². The van der Waals surface area contributed by atoms with Gasteiger partial charge in [0.15, 0.2) is 5.82 Å². The minimum Gasteiger partial charge on any atom is -0.308 e. The summed E-state index contributed by atoms with van der Waals surface area (Å²) in [6.45, 7) is 2.13. The molecular formula is C14H16N6S. The Morgan fingerprint density at radius 2 is 2.19 bits per heavy atom. The van der Waals surface area contributed by atoms with E-state index in [0.717, 1.165) is 22.6 Å². The fourth-order valence-corrected chi connectivity index (χ4v) is 2.90. The summed E-state index contributed by atoms with van der Waals surface area (Å²) >= 11 is 1.70. The van der Waals surface area contributed by atoms with Crippen LogP contribution in [0.25, 0.3) is 22.0 Å². The second kappa shape index (κ2) is 5.63. The number of rotatable bonds is 4. The van der Waals surface area contributed by atoms with E-state index in [0.29, 0.717) is 11.6 Å². The lowest BCUT2D eigenvalue weighted by Gasteiger charge is -2.05. The van der Waals surface area contributed by atoms with Crippen LogP contribution in [0.15, 0.2) is 30.6 Å². The average molecular weight is 300 g/mol. The van der Waals surface area contributed by atoms with Crippen LogP contribution < -0.4 is 11.3 Å². The van der Waals surface area contributed by atoms with Crippen LogP contribution in [-0.2, 0) is 13.5 Å². The summed E-state index contributed by atoms with van der Waals surface area (Å²) in [4.78, 5) is 11.4. The van der Waals surface area contributed by atoms with E-state index in [9.17, 15) is 0 Å². The van der Waals surface area contributed by atoms with Crippen LogP contribution in [0.3, 0.4) is 0 Å². The van der Waals surface area contributed by atoms with Gasteiger partial charge in [-0.2, -0.15) is 5.10 Å². The molecule has 3 rings (SSSR count). The van der Waals surface area contributed by atoms with Gasteiger partial charge in [-0.05, 0) is 18.6 Å². The number of anilines is 1. The Morgan fingerprint density at radius 1 is 1.33 bits per heavy atom. The predicted octanol–water partition coefficient (Wildman–Crippen LogP) is 2.45. The molecule has 0 fully saturated rings. The van der Waals surface area contributed by atoms with E-state index >= 15 is 0 Å². The first kappa shape index (κ1) is 13.7. The summed E-state index contributed by atoms with van der Waals surface area (Å²) < 4.78 is 1.74. The highest BCUT2D eigenvalue weighted by Crippen LogP contribution is 2.29. The molecule has 0 aliphatic carbocycles. The first-order chi connectivity index (χ1) is 10.2. The summed E-state index contributed by atoms with van der Waals surface area (Å²) in [5, 5.41) is 4.18. The normalized spacial score (nSPS) is 10.8. The van der Waals surface area contributed by atoms with Crippen LogP contribution in [0.5, 0.6) is 0 Å². The van der Waals surface area contributed by atoms with Crippen molar-refractivity contribution in [3.05, 3.63) is 35.5 Å². The molecule has 0 saturated carbocycles. The van der Waals surface area contributed by atoms with Gasteiger partial charge in [0.25, 0.3) is 0 Å². The average Bonchev–Trinajstić information content (AvgIpc) is 3.15. The van der Waals surface area contributed by atoms with E-state index in [1.54, 1.807) is 22.2 Å². The maximum atomic E-state index is 5.52. The first-order valence-corrected chi connectivity index (χ1v) is 7.45. The maximum Gasteiger partial charge on any atom is 0.172 e. The van der Waals surface area contributed by atoms with Crippen molar-refractivity contribution < 1.29 is 0 Å². The molecule has 0 amide bonds. The number of nitrogen functional groups attached to an aromatic ring is 1. The van der Waals surface area contributed by atoms with Crippen LogP contribution in [0.2, 0.25) is 0 Å². The molecule has 0 atom stereocenters. The summed E-state index contributed by atoms with van der Waals surface area (Å²) in [6, 6.07) is 5.97. The number of thiophene rings is 1. The Bertz CT molecular complexity index is 760. The molecule has 0 aromatic carbocycles. The Kier molecular flexibility index (Phi) is 3.68. The molecule has 7 heteroatoms. The van der Waals surface area contributed by atoms with Crippen molar-refractivity contribution in [1.82, 2.24) is 19.7 Å². The van der Waals surface area contributed by atoms with E-state index in [2.05, 4.69) is 33.5 Å². The van der Waals surface area contributed by atoms with Crippen LogP contribution in [0, 0.1) is 0 Å². The van der Waals surface area contributed by atoms with Gasteiger partial charge in [0, 0.05) is 29.8 Å². The summed E-state index contributed by atoms with van der Waals surface area (Å²) in [6.07, 6.45) is 4.70. The molecular weight excluding hydrogens is 284 g/mol. The number of aromatic nitrogens is 4. The second-order valence-electron chi connectivity index (χ2n) is 4.63. The molecule has 0 bridgehead atoms. The quantitative estimate of drug-likeness (QED) is 0.571. The van der Waals surface area contributed by atoms with Crippen molar-refractivity contribution in [2.45, 2.75) is 13.3 Å². The summed E-state index contributed by atoms with van der Waals surface area (Å²) in [5.74, 6) is 6.79. The van der Waals surface area contributed by atoms with Crippen LogP contribution in [-0.4, -0.2) is 19.7 Å². The lowest BCUT2D eigenvalue weighted by molar-refractivity contribution is 0.768. The van der Waals surface area contributed by atoms with Gasteiger partial charge in [0.2, 0.25) is 0 Å². The van der Waals surface area contributed by atoms with Crippen molar-refractivity contribution >= 4 is 17.2 Å². The highest BCUT2D eigenvalue weighted by atomic mass is 32.1. The predicted molar refractivity (Wildman–Crippen MR) is 84.7 cm³/mol. The lowest BCUT2D eigenvalue weighted by Crippen LogP contribution is -2.09. The van der Waals surface area contributed by atoms with E-state index in [1.165, 1.54) is 4.88 Å². The van der Waals surface area contributed by atoms with Gasteiger partial charge < -0.3 is 5.43 Å². The van der Waals surface area contributed by atoms with Gasteiger partial charge in [-0.3, -0.25) is 4.68 Å². The molecule has 0 radical (unpaired) electrons. The zero-order valence-electron chi connectivity index (χ0n) is 11.9. The van der Waals surface area contributed by atoms with Crippen molar-refractivity contribution in [3.63, 3.8) is 0 Å². The summed E-state index contributed by atoms with van der Waals surface area (Å²) in [7, 11) is 1.88. The van der Waals surface area contributed by atoms with E-state index in [-0.39, 0.29) is 0 Å². The molecule has 3 aromatic heterocycles. The number of nitrogens with zero attached hydrogens (tertiary/aromatic N) is 4. The van der Waals surface area contributed by atoms with E-state index in [1.807, 2.05) is 25.4 Å². The second-order valence-corrected chi connectivity index (χ2v) is 5.80. The fourth-order valence-electron chi connectivity index (χ4n) is 2.02. The fraction of sp³-hybridized carbons (Fsp3) is 0.214. The van der Waals surface area contributed by atoms with Crippen molar-refractivity contribution in [2.75, 3.05) is 5.43 Å². The molecule has 108 valence electrons. The zero-order valence-corrected chi connectivity index (χ0v) is 12.7. The van der Waals surface area contributed by atoms with Crippen molar-refractivity contribution in [2.24, 2.45) is 12.9 Å². The number of nitrogens with two attached hydrogens (primary N) is 1. The maximum absolute atomic E-state index is 5.52. The molecule has 6 nitrogen and oxygen atoms in total. The summed E-state index contributed by atoms with van der Waals surface area (Å²) in [5.41, 5.74) is 4.33. The molecule has 3 aromatic rings. The minimum absolute atomic E-state index is 0.588. The van der Waals surface area contributed by atoms with Gasteiger partial charge in [0.1, 0.15) is 5.82 Å². The molecule has 0 aliphatic heterocycles. The topological polar surface area (TPSA) is 81.6 Å². The highest BCUT2D eigenvalue weighted by Gasteiger charge is 2.11. The monoisotopic (exact) mass is 300 g/mol. The van der Waals surface area contributed by atoms with Gasteiger partial charge in [-0.25, -0.2) is 15.8 Å². The molecule has 0 aliphatic rings. The SMILES string of the molecule is CCc1ccc(-c2nc(NN)cc(-c3cnn(C)c3)n2)s1. The van der Waals surface area contributed by atoms with Crippen molar-refractivity contribution in [1.29, 1.82) is 0 Å². The molecule has 0 spiro atoms. The number of nitrogens with one attached hydrogen (secondary N) is 1. The smallest absolute Gasteiger partial charge is 0.172 e. The number of hydrogen-bond donors (Lipinski definition) is 2. The van der Waals surface area contributed by atoms with Crippen molar-refractivity contribution in [3.8, 4) is 22.0 Å². The zero-order chi connectivity index (χ0) is 14.8. The van der Waals surface area contributed by atoms with Crippen LogP contribution in [0.4, 0.5) is 5.82 Å². The molecule has 3 N–H and O–H groups in total. The third-order valence-corrected chi connectivity index (χ3v) is 4.33. The van der Waals surface area contributed by atoms with Gasteiger partial charge >= 0.3 is 0 Å². The van der Waals surface area contributed by atoms with Crippen LogP contribution in [0.1, 0.15) is 11.8 Å². The Balaban J connectivity index is 2.08. The number of hydrogen-bond acceptors (Lipinski definition) is 6. The first-order valence-electron chi connectivity index (χ1n) is 6.63. The molecule has 21 heavy (non-hydrogen) atoms. The molecule has 3 heterocycles. The molecule has 0 saturated heterocycles. The van der Waals surface area contributed by atoms with E-state index < -0.39 is 0 Å². The Labute approximate surface area is 126 Å². The standard InChI is InChI=1S/C14H16N6S/c1-3-10-4-5-12(21-10)14-17-11(6-13(18-14)19-15)9-7-16-20(2)8-9/h4-8H,3,15H2,1-2H3,(H,17,18,19).